The molecular formula is C21H26N4O4S. The standard InChI is InChI=1S/C21H26N4O4S/c1-13(2)9-16-6-5-15(11-18(16)21(26)27)10-14(3)20-24-23-19-8-7-17(12-25(19)20)30(28,29)22-4/h5-8,11-14,22H,9-10H2,1-4H3,(H,26,27). The summed E-state index contributed by atoms with van der Waals surface area (Å²) in [6.07, 6.45) is 2.75. The van der Waals surface area contributed by atoms with Gasteiger partial charge in [0, 0.05) is 12.1 Å². The van der Waals surface area contributed by atoms with E-state index in [1.165, 1.54) is 19.3 Å². The van der Waals surface area contributed by atoms with Gasteiger partial charge in [-0.05, 0) is 55.1 Å². The van der Waals surface area contributed by atoms with Crippen LogP contribution in [0.1, 0.15) is 54.0 Å². The summed E-state index contributed by atoms with van der Waals surface area (Å²) in [4.78, 5) is 11.8. The zero-order chi connectivity index (χ0) is 22.1. The minimum absolute atomic E-state index is 0.106. The normalized spacial score (nSPS) is 13.1. The number of fused-ring (bicyclic) bond motifs is 1. The highest BCUT2D eigenvalue weighted by atomic mass is 32.2. The average molecular weight is 431 g/mol. The Morgan fingerprint density at radius 2 is 1.87 bits per heavy atom. The van der Waals surface area contributed by atoms with Gasteiger partial charge in [-0.25, -0.2) is 17.9 Å². The third-order valence-corrected chi connectivity index (χ3v) is 6.40. The van der Waals surface area contributed by atoms with E-state index in [4.69, 9.17) is 0 Å². The summed E-state index contributed by atoms with van der Waals surface area (Å²) in [5.74, 6) is -0.0697. The highest BCUT2D eigenvalue weighted by Gasteiger charge is 2.19. The maximum absolute atomic E-state index is 12.1. The first kappa shape index (κ1) is 21.9. The van der Waals surface area contributed by atoms with Crippen LogP contribution in [0.15, 0.2) is 41.4 Å². The van der Waals surface area contributed by atoms with E-state index in [-0.39, 0.29) is 10.8 Å². The molecule has 0 saturated carbocycles. The topological polar surface area (TPSA) is 114 Å². The van der Waals surface area contributed by atoms with Crippen molar-refractivity contribution in [3.05, 3.63) is 59.0 Å². The lowest BCUT2D eigenvalue weighted by molar-refractivity contribution is 0.0695. The van der Waals surface area contributed by atoms with Gasteiger partial charge in [-0.3, -0.25) is 4.40 Å². The molecule has 9 heteroatoms. The van der Waals surface area contributed by atoms with Gasteiger partial charge in [0.2, 0.25) is 10.0 Å². The van der Waals surface area contributed by atoms with Gasteiger partial charge in [0.15, 0.2) is 5.65 Å². The van der Waals surface area contributed by atoms with Gasteiger partial charge in [-0.1, -0.05) is 32.9 Å². The number of carboxylic acid groups (broad SMARTS) is 1. The lowest BCUT2D eigenvalue weighted by Gasteiger charge is -2.14. The first-order chi connectivity index (χ1) is 14.1. The van der Waals surface area contributed by atoms with Crippen molar-refractivity contribution in [3.63, 3.8) is 0 Å². The number of hydrogen-bond donors (Lipinski definition) is 2. The van der Waals surface area contributed by atoms with Gasteiger partial charge in [0.25, 0.3) is 0 Å². The minimum atomic E-state index is -3.59. The molecule has 8 nitrogen and oxygen atoms in total. The predicted molar refractivity (Wildman–Crippen MR) is 113 cm³/mol. The fraction of sp³-hybridized carbons (Fsp3) is 0.381. The number of sulfonamides is 1. The van der Waals surface area contributed by atoms with E-state index in [2.05, 4.69) is 28.8 Å². The molecule has 0 spiro atoms. The number of carboxylic acids is 1. The fourth-order valence-corrected chi connectivity index (χ4v) is 4.24. The molecular weight excluding hydrogens is 404 g/mol. The van der Waals surface area contributed by atoms with Crippen molar-refractivity contribution in [1.82, 2.24) is 19.3 Å². The van der Waals surface area contributed by atoms with Gasteiger partial charge in [0.05, 0.1) is 10.5 Å². The molecule has 1 unspecified atom stereocenters. The van der Waals surface area contributed by atoms with Gasteiger partial charge in [0.1, 0.15) is 5.82 Å². The number of hydrogen-bond acceptors (Lipinski definition) is 5. The molecule has 0 fully saturated rings. The van der Waals surface area contributed by atoms with E-state index < -0.39 is 16.0 Å². The molecule has 0 aliphatic carbocycles. The Balaban J connectivity index is 1.93. The molecule has 3 rings (SSSR count). The monoisotopic (exact) mass is 430 g/mol. The predicted octanol–water partition coefficient (Wildman–Crippen LogP) is 2.88. The smallest absolute Gasteiger partial charge is 0.335 e. The Bertz CT molecular complexity index is 1180. The van der Waals surface area contributed by atoms with Crippen molar-refractivity contribution in [1.29, 1.82) is 0 Å². The molecule has 0 aliphatic heterocycles. The quantitative estimate of drug-likeness (QED) is 0.568. The summed E-state index contributed by atoms with van der Waals surface area (Å²) in [6, 6.07) is 8.63. The fourth-order valence-electron chi connectivity index (χ4n) is 3.51. The van der Waals surface area contributed by atoms with E-state index in [0.717, 1.165) is 11.1 Å². The zero-order valence-electron chi connectivity index (χ0n) is 17.5. The molecule has 0 saturated heterocycles. The van der Waals surface area contributed by atoms with Crippen molar-refractivity contribution >= 4 is 21.6 Å². The van der Waals surface area contributed by atoms with Crippen molar-refractivity contribution in [2.24, 2.45) is 5.92 Å². The second kappa shape index (κ2) is 8.53. The summed E-state index contributed by atoms with van der Waals surface area (Å²) in [5, 5.41) is 18.0. The molecule has 30 heavy (non-hydrogen) atoms. The summed E-state index contributed by atoms with van der Waals surface area (Å²) in [5.41, 5.74) is 2.57. The first-order valence-corrected chi connectivity index (χ1v) is 11.2. The summed E-state index contributed by atoms with van der Waals surface area (Å²) in [6.45, 7) is 6.07. The Labute approximate surface area is 176 Å². The van der Waals surface area contributed by atoms with Crippen LogP contribution >= 0.6 is 0 Å². The number of aromatic nitrogens is 3. The van der Waals surface area contributed by atoms with Crippen LogP contribution in [-0.2, 0) is 22.9 Å². The van der Waals surface area contributed by atoms with Gasteiger partial charge >= 0.3 is 5.97 Å². The van der Waals surface area contributed by atoms with Crippen LogP contribution in [0.3, 0.4) is 0 Å². The third kappa shape index (κ3) is 4.52. The lowest BCUT2D eigenvalue weighted by atomic mass is 9.93. The lowest BCUT2D eigenvalue weighted by Crippen LogP contribution is -2.19. The van der Waals surface area contributed by atoms with Crippen molar-refractivity contribution < 1.29 is 18.3 Å². The molecule has 0 amide bonds. The largest absolute Gasteiger partial charge is 0.478 e. The van der Waals surface area contributed by atoms with Crippen LogP contribution in [0.5, 0.6) is 0 Å². The summed E-state index contributed by atoms with van der Waals surface area (Å²) in [7, 11) is -2.23. The average Bonchev–Trinajstić information content (AvgIpc) is 3.12. The molecule has 2 N–H and O–H groups in total. The summed E-state index contributed by atoms with van der Waals surface area (Å²) < 4.78 is 28.2. The van der Waals surface area contributed by atoms with E-state index >= 15 is 0 Å². The Kier molecular flexibility index (Phi) is 6.23. The second-order valence-electron chi connectivity index (χ2n) is 7.86. The van der Waals surface area contributed by atoms with E-state index in [1.807, 2.05) is 19.1 Å². The van der Waals surface area contributed by atoms with Crippen molar-refractivity contribution in [2.75, 3.05) is 7.05 Å². The minimum Gasteiger partial charge on any atom is -0.478 e. The Morgan fingerprint density at radius 1 is 1.13 bits per heavy atom. The van der Waals surface area contributed by atoms with Crippen molar-refractivity contribution in [3.8, 4) is 0 Å². The number of nitrogens with one attached hydrogen (secondary N) is 1. The van der Waals surface area contributed by atoms with Crippen LogP contribution in [0.4, 0.5) is 0 Å². The Hall–Kier alpha value is -2.78. The Morgan fingerprint density at radius 3 is 2.50 bits per heavy atom. The number of nitrogens with zero attached hydrogens (tertiary/aromatic N) is 3. The van der Waals surface area contributed by atoms with Crippen LogP contribution < -0.4 is 4.72 Å². The maximum Gasteiger partial charge on any atom is 0.335 e. The molecule has 2 heterocycles. The van der Waals surface area contributed by atoms with E-state index in [9.17, 15) is 18.3 Å². The molecule has 2 aromatic heterocycles. The number of carbonyl (C=O) groups is 1. The van der Waals surface area contributed by atoms with E-state index in [1.54, 1.807) is 16.5 Å². The van der Waals surface area contributed by atoms with Crippen LogP contribution in [-0.4, -0.2) is 41.1 Å². The summed E-state index contributed by atoms with van der Waals surface area (Å²) >= 11 is 0. The molecule has 3 aromatic rings. The van der Waals surface area contributed by atoms with Gasteiger partial charge in [-0.15, -0.1) is 10.2 Å². The van der Waals surface area contributed by atoms with Crippen molar-refractivity contribution in [2.45, 2.75) is 44.4 Å². The number of rotatable bonds is 8. The highest BCUT2D eigenvalue weighted by molar-refractivity contribution is 7.89. The number of benzene rings is 1. The van der Waals surface area contributed by atoms with E-state index in [0.29, 0.717) is 35.8 Å². The van der Waals surface area contributed by atoms with Gasteiger partial charge in [-0.2, -0.15) is 0 Å². The molecule has 0 bridgehead atoms. The third-order valence-electron chi connectivity index (χ3n) is 5.00. The van der Waals surface area contributed by atoms with Crippen LogP contribution in [0, 0.1) is 5.92 Å². The first-order valence-electron chi connectivity index (χ1n) is 9.75. The van der Waals surface area contributed by atoms with Crippen LogP contribution in [0.25, 0.3) is 5.65 Å². The second-order valence-corrected chi connectivity index (χ2v) is 9.75. The molecule has 0 radical (unpaired) electrons. The molecule has 160 valence electrons. The molecule has 0 aliphatic rings. The highest BCUT2D eigenvalue weighted by Crippen LogP contribution is 2.24. The maximum atomic E-state index is 12.1. The van der Waals surface area contributed by atoms with Gasteiger partial charge < -0.3 is 5.11 Å². The molecule has 1 atom stereocenters. The SMILES string of the molecule is CNS(=O)(=O)c1ccc2nnc(C(C)Cc3ccc(CC(C)C)c(C(=O)O)c3)n2c1. The molecule has 1 aromatic carbocycles. The number of pyridine rings is 1. The van der Waals surface area contributed by atoms with Crippen LogP contribution in [0.2, 0.25) is 0 Å². The number of aromatic carboxylic acids is 1. The zero-order valence-corrected chi connectivity index (χ0v) is 18.3.